The van der Waals surface area contributed by atoms with Crippen molar-refractivity contribution < 1.29 is 32.7 Å². The Morgan fingerprint density at radius 3 is 2.50 bits per heavy atom. The molecule has 0 amide bonds. The van der Waals surface area contributed by atoms with Crippen molar-refractivity contribution in [3.63, 3.8) is 0 Å². The second kappa shape index (κ2) is 8.31. The van der Waals surface area contributed by atoms with Gasteiger partial charge < -0.3 is 19.3 Å². The minimum Gasteiger partial charge on any atom is -0.497 e. The van der Waals surface area contributed by atoms with E-state index in [4.69, 9.17) is 9.47 Å². The molecule has 2 aromatic carbocycles. The number of rotatable bonds is 6. The van der Waals surface area contributed by atoms with Crippen molar-refractivity contribution in [3.05, 3.63) is 48.0 Å². The number of ether oxygens (including phenoxy) is 3. The van der Waals surface area contributed by atoms with Gasteiger partial charge in [-0.15, -0.1) is 0 Å². The molecule has 0 saturated heterocycles. The average Bonchev–Trinajstić information content (AvgIpc) is 3.07. The number of halogens is 2. The third-order valence-corrected chi connectivity index (χ3v) is 6.45. The molecule has 0 unspecified atom stereocenters. The normalized spacial score (nSPS) is 21.1. The Hall–Kier alpha value is -2.52. The van der Waals surface area contributed by atoms with Crippen LogP contribution in [0.5, 0.6) is 17.2 Å². The number of hydrogen-bond acceptors (Lipinski definition) is 6. The molecule has 9 heteroatoms. The maximum atomic E-state index is 12.5. The molecule has 0 bridgehead atoms. The highest BCUT2D eigenvalue weighted by atomic mass is 32.2. The van der Waals surface area contributed by atoms with Gasteiger partial charge in [0.2, 0.25) is 0 Å². The van der Waals surface area contributed by atoms with Crippen LogP contribution in [0, 0.1) is 0 Å². The summed E-state index contributed by atoms with van der Waals surface area (Å²) < 4.78 is 42.3. The Morgan fingerprint density at radius 2 is 1.83 bits per heavy atom. The van der Waals surface area contributed by atoms with Crippen LogP contribution in [-0.2, 0) is 5.72 Å². The SMILES string of the molecule is COc1ccc(OC)c(N2C[C@](O)(c3ccc(OC(F)F)cc3)[N+]3=C2SCCC3)c1. The second-order valence-electron chi connectivity index (χ2n) is 6.98. The molecule has 6 nitrogen and oxygen atoms in total. The lowest BCUT2D eigenvalue weighted by Crippen LogP contribution is -2.41. The molecule has 30 heavy (non-hydrogen) atoms. The molecule has 0 radical (unpaired) electrons. The van der Waals surface area contributed by atoms with Gasteiger partial charge in [0.25, 0.3) is 5.72 Å². The van der Waals surface area contributed by atoms with Gasteiger partial charge in [0.1, 0.15) is 11.5 Å². The Labute approximate surface area is 177 Å². The molecule has 4 rings (SSSR count). The summed E-state index contributed by atoms with van der Waals surface area (Å²) in [5.41, 5.74) is 0.0773. The number of nitrogens with zero attached hydrogens (tertiary/aromatic N) is 2. The van der Waals surface area contributed by atoms with Gasteiger partial charge in [-0.05, 0) is 54.6 Å². The predicted molar refractivity (Wildman–Crippen MR) is 111 cm³/mol. The van der Waals surface area contributed by atoms with E-state index in [1.165, 1.54) is 12.1 Å². The number of amidine groups is 1. The summed E-state index contributed by atoms with van der Waals surface area (Å²) in [5.74, 6) is 2.34. The molecule has 0 saturated carbocycles. The van der Waals surface area contributed by atoms with Crippen LogP contribution >= 0.6 is 11.8 Å². The highest BCUT2D eigenvalue weighted by Gasteiger charge is 2.53. The van der Waals surface area contributed by atoms with Gasteiger partial charge in [-0.3, -0.25) is 0 Å². The van der Waals surface area contributed by atoms with Gasteiger partial charge in [0.05, 0.1) is 20.8 Å². The zero-order valence-corrected chi connectivity index (χ0v) is 17.5. The molecule has 0 aromatic heterocycles. The van der Waals surface area contributed by atoms with Crippen LogP contribution in [0.3, 0.4) is 0 Å². The quantitative estimate of drug-likeness (QED) is 0.699. The fourth-order valence-electron chi connectivity index (χ4n) is 3.85. The van der Waals surface area contributed by atoms with Crippen molar-refractivity contribution in [2.24, 2.45) is 0 Å². The first kappa shape index (κ1) is 20.7. The van der Waals surface area contributed by atoms with E-state index in [1.807, 2.05) is 27.7 Å². The van der Waals surface area contributed by atoms with Gasteiger partial charge >= 0.3 is 11.8 Å². The minimum atomic E-state index is -2.89. The lowest BCUT2D eigenvalue weighted by atomic mass is 10.0. The number of hydrogen-bond donors (Lipinski definition) is 1. The summed E-state index contributed by atoms with van der Waals surface area (Å²) in [4.78, 5) is 2.02. The Morgan fingerprint density at radius 1 is 1.10 bits per heavy atom. The standard InChI is InChI=1S/C21H23F2N2O4S/c1-27-16-8-9-18(28-2)17(12-16)24-13-21(26,25-10-3-11-30-20(24)25)14-4-6-15(7-5-14)29-19(22)23/h4-9,12,19,26H,3,10-11,13H2,1-2H3/q+1/t21-/m0/s1. The molecule has 2 heterocycles. The van der Waals surface area contributed by atoms with E-state index in [0.717, 1.165) is 23.0 Å². The third-order valence-electron chi connectivity index (χ3n) is 5.26. The van der Waals surface area contributed by atoms with Crippen molar-refractivity contribution in [1.29, 1.82) is 0 Å². The summed E-state index contributed by atoms with van der Waals surface area (Å²) in [6.07, 6.45) is 0.923. The number of methoxy groups -OCH3 is 2. The lowest BCUT2D eigenvalue weighted by Gasteiger charge is -2.24. The summed E-state index contributed by atoms with van der Waals surface area (Å²) in [5, 5.41) is 12.7. The van der Waals surface area contributed by atoms with Crippen LogP contribution in [0.4, 0.5) is 14.5 Å². The maximum absolute atomic E-state index is 12.5. The van der Waals surface area contributed by atoms with Crippen LogP contribution in [0.25, 0.3) is 0 Å². The molecule has 2 aliphatic rings. The van der Waals surface area contributed by atoms with Gasteiger partial charge in [-0.1, -0.05) is 0 Å². The first-order valence-electron chi connectivity index (χ1n) is 9.51. The number of alkyl halides is 2. The molecule has 0 spiro atoms. The summed E-state index contributed by atoms with van der Waals surface area (Å²) >= 11 is 1.67. The number of β-amino-alcohol motifs (C(OH)–C–C–N with tert-alkyl or cyclic N) is 1. The van der Waals surface area contributed by atoms with Gasteiger partial charge in [-0.25, -0.2) is 9.48 Å². The largest absolute Gasteiger partial charge is 0.497 e. The van der Waals surface area contributed by atoms with Crippen molar-refractivity contribution in [2.45, 2.75) is 18.8 Å². The predicted octanol–water partition coefficient (Wildman–Crippen LogP) is 3.48. The Balaban J connectivity index is 1.75. The molecular weight excluding hydrogens is 414 g/mol. The Kier molecular flexibility index (Phi) is 5.75. The van der Waals surface area contributed by atoms with E-state index in [9.17, 15) is 13.9 Å². The molecular formula is C21H23F2N2O4S+. The highest BCUT2D eigenvalue weighted by molar-refractivity contribution is 8.13. The highest BCUT2D eigenvalue weighted by Crippen LogP contribution is 2.42. The van der Waals surface area contributed by atoms with Gasteiger partial charge in [-0.2, -0.15) is 8.78 Å². The smallest absolute Gasteiger partial charge is 0.387 e. The van der Waals surface area contributed by atoms with E-state index >= 15 is 0 Å². The molecule has 2 aromatic rings. The summed E-state index contributed by atoms with van der Waals surface area (Å²) in [6.45, 7) is -1.95. The van der Waals surface area contributed by atoms with Crippen LogP contribution in [0.2, 0.25) is 0 Å². The number of benzene rings is 2. The van der Waals surface area contributed by atoms with Crippen molar-refractivity contribution >= 4 is 22.6 Å². The van der Waals surface area contributed by atoms with Crippen molar-refractivity contribution in [2.75, 3.05) is 38.0 Å². The second-order valence-corrected chi connectivity index (χ2v) is 8.04. The zero-order chi connectivity index (χ0) is 21.3. The fourth-order valence-corrected chi connectivity index (χ4v) is 5.02. The van der Waals surface area contributed by atoms with Crippen molar-refractivity contribution in [1.82, 2.24) is 0 Å². The number of thioether (sulfide) groups is 1. The van der Waals surface area contributed by atoms with Gasteiger partial charge in [0, 0.05) is 17.4 Å². The molecule has 1 N–H and O–H groups in total. The van der Waals surface area contributed by atoms with E-state index in [2.05, 4.69) is 4.74 Å². The van der Waals surface area contributed by atoms with Crippen LogP contribution < -0.4 is 19.1 Å². The van der Waals surface area contributed by atoms with E-state index in [0.29, 0.717) is 23.6 Å². The monoisotopic (exact) mass is 437 g/mol. The molecule has 160 valence electrons. The van der Waals surface area contributed by atoms with E-state index in [-0.39, 0.29) is 12.3 Å². The summed E-state index contributed by atoms with van der Waals surface area (Å²) in [7, 11) is 3.20. The first-order valence-corrected chi connectivity index (χ1v) is 10.5. The fraction of sp³-hybridized carbons (Fsp3) is 0.381. The van der Waals surface area contributed by atoms with E-state index < -0.39 is 12.3 Å². The third kappa shape index (κ3) is 3.67. The van der Waals surface area contributed by atoms with Crippen LogP contribution in [-0.4, -0.2) is 54.5 Å². The van der Waals surface area contributed by atoms with Crippen LogP contribution in [0.1, 0.15) is 12.0 Å². The first-order chi connectivity index (χ1) is 14.5. The molecule has 0 aliphatic carbocycles. The zero-order valence-electron chi connectivity index (χ0n) is 16.7. The maximum Gasteiger partial charge on any atom is 0.387 e. The average molecular weight is 437 g/mol. The lowest BCUT2D eigenvalue weighted by molar-refractivity contribution is -0.656. The molecule has 1 atom stereocenters. The minimum absolute atomic E-state index is 0.0545. The molecule has 2 aliphatic heterocycles. The number of anilines is 1. The van der Waals surface area contributed by atoms with Crippen molar-refractivity contribution in [3.8, 4) is 17.2 Å². The van der Waals surface area contributed by atoms with Crippen LogP contribution in [0.15, 0.2) is 42.5 Å². The van der Waals surface area contributed by atoms with E-state index in [1.54, 1.807) is 38.1 Å². The number of aliphatic hydroxyl groups is 1. The summed E-state index contributed by atoms with van der Waals surface area (Å²) in [6, 6.07) is 11.7. The molecule has 0 fully saturated rings. The Bertz CT molecular complexity index is 955. The topological polar surface area (TPSA) is 54.2 Å². The van der Waals surface area contributed by atoms with Gasteiger partial charge in [0.15, 0.2) is 18.0 Å².